The summed E-state index contributed by atoms with van der Waals surface area (Å²) in [6.07, 6.45) is 3.51. The lowest BCUT2D eigenvalue weighted by Gasteiger charge is -2.39. The highest BCUT2D eigenvalue weighted by Gasteiger charge is 2.36. The van der Waals surface area contributed by atoms with Gasteiger partial charge in [-0.3, -0.25) is 0 Å². The van der Waals surface area contributed by atoms with Crippen molar-refractivity contribution in [1.29, 1.82) is 0 Å². The first-order valence-corrected chi connectivity index (χ1v) is 7.10. The third-order valence-corrected chi connectivity index (χ3v) is 4.51. The van der Waals surface area contributed by atoms with Gasteiger partial charge in [0.1, 0.15) is 0 Å². The van der Waals surface area contributed by atoms with Gasteiger partial charge in [-0.1, -0.05) is 20.8 Å². The van der Waals surface area contributed by atoms with Crippen LogP contribution >= 0.6 is 0 Å². The van der Waals surface area contributed by atoms with E-state index in [0.29, 0.717) is 18.7 Å². The lowest BCUT2D eigenvalue weighted by molar-refractivity contribution is 0.147. The van der Waals surface area contributed by atoms with Gasteiger partial charge in [-0.15, -0.1) is 0 Å². The molecule has 100 valence electrons. The van der Waals surface area contributed by atoms with Crippen molar-refractivity contribution in [2.45, 2.75) is 52.1 Å². The predicted molar refractivity (Wildman–Crippen MR) is 71.0 cm³/mol. The van der Waals surface area contributed by atoms with Crippen LogP contribution in [-0.4, -0.2) is 48.3 Å². The lowest BCUT2D eigenvalue weighted by atomic mass is 9.82. The molecule has 0 aliphatic carbocycles. The third kappa shape index (κ3) is 3.21. The minimum absolute atomic E-state index is 0.235. The molecule has 2 fully saturated rings. The van der Waals surface area contributed by atoms with Crippen LogP contribution in [-0.2, 0) is 0 Å². The standard InChI is InChI=1S/C14H28N2O/c1-14(2,3)13(6-9-17)15-12-5-8-16-7-4-11(12)10-16/h11-13,15,17H,4-10H2,1-3H3. The van der Waals surface area contributed by atoms with Gasteiger partial charge in [-0.25, -0.2) is 0 Å². The fourth-order valence-electron chi connectivity index (χ4n) is 3.32. The number of piperidine rings is 1. The highest BCUT2D eigenvalue weighted by Crippen LogP contribution is 2.30. The summed E-state index contributed by atoms with van der Waals surface area (Å²) in [5.41, 5.74) is 0.235. The lowest BCUT2D eigenvalue weighted by Crippen LogP contribution is -2.52. The second-order valence-corrected chi connectivity index (χ2v) is 6.84. The molecule has 3 nitrogen and oxygen atoms in total. The summed E-state index contributed by atoms with van der Waals surface area (Å²) in [5.74, 6) is 0.840. The van der Waals surface area contributed by atoms with Crippen LogP contribution in [0, 0.1) is 11.3 Å². The molecule has 0 amide bonds. The summed E-state index contributed by atoms with van der Waals surface area (Å²) in [7, 11) is 0. The molecule has 4 unspecified atom stereocenters. The molecule has 2 rings (SSSR count). The van der Waals surface area contributed by atoms with Crippen LogP contribution in [0.3, 0.4) is 0 Å². The predicted octanol–water partition coefficient (Wildman–Crippen LogP) is 1.47. The summed E-state index contributed by atoms with van der Waals surface area (Å²) in [6, 6.07) is 1.11. The molecule has 2 heterocycles. The van der Waals surface area contributed by atoms with Crippen molar-refractivity contribution in [2.24, 2.45) is 11.3 Å². The van der Waals surface area contributed by atoms with E-state index in [1.165, 1.54) is 32.5 Å². The molecule has 0 radical (unpaired) electrons. The first kappa shape index (κ1) is 13.3. The maximum absolute atomic E-state index is 9.21. The van der Waals surface area contributed by atoms with Gasteiger partial charge < -0.3 is 15.3 Å². The van der Waals surface area contributed by atoms with Gasteiger partial charge in [0.05, 0.1) is 0 Å². The van der Waals surface area contributed by atoms with Gasteiger partial charge >= 0.3 is 0 Å². The molecule has 2 aliphatic heterocycles. The van der Waals surface area contributed by atoms with E-state index in [2.05, 4.69) is 31.0 Å². The van der Waals surface area contributed by atoms with Gasteiger partial charge in [0.15, 0.2) is 0 Å². The number of nitrogens with one attached hydrogen (secondary N) is 1. The highest BCUT2D eigenvalue weighted by atomic mass is 16.3. The molecule has 0 spiro atoms. The van der Waals surface area contributed by atoms with E-state index < -0.39 is 0 Å². The Kier molecular flexibility index (Phi) is 4.11. The SMILES string of the molecule is CC(C)(C)C(CCO)NC1CCN2CCC1C2. The monoisotopic (exact) mass is 240 g/mol. The molecule has 17 heavy (non-hydrogen) atoms. The molecule has 2 bridgehead atoms. The first-order chi connectivity index (χ1) is 8.00. The Morgan fingerprint density at radius 3 is 2.65 bits per heavy atom. The quantitative estimate of drug-likeness (QED) is 0.781. The number of fused-ring (bicyclic) bond motifs is 2. The minimum Gasteiger partial charge on any atom is -0.396 e. The molecular formula is C14H28N2O. The van der Waals surface area contributed by atoms with Crippen molar-refractivity contribution in [3.8, 4) is 0 Å². The summed E-state index contributed by atoms with van der Waals surface area (Å²) in [6.45, 7) is 10.9. The zero-order chi connectivity index (χ0) is 12.5. The molecule has 2 N–H and O–H groups in total. The zero-order valence-electron chi connectivity index (χ0n) is 11.6. The first-order valence-electron chi connectivity index (χ1n) is 7.10. The van der Waals surface area contributed by atoms with Crippen molar-refractivity contribution in [1.82, 2.24) is 10.2 Å². The largest absolute Gasteiger partial charge is 0.396 e. The second kappa shape index (κ2) is 5.25. The second-order valence-electron chi connectivity index (χ2n) is 6.84. The number of hydrogen-bond acceptors (Lipinski definition) is 3. The Morgan fingerprint density at radius 1 is 1.29 bits per heavy atom. The summed E-state index contributed by atoms with van der Waals surface area (Å²) >= 11 is 0. The Hall–Kier alpha value is -0.120. The molecule has 4 atom stereocenters. The van der Waals surface area contributed by atoms with Crippen LogP contribution in [0.5, 0.6) is 0 Å². The van der Waals surface area contributed by atoms with Crippen LogP contribution in [0.1, 0.15) is 40.0 Å². The highest BCUT2D eigenvalue weighted by molar-refractivity contribution is 4.94. The molecule has 0 aromatic carbocycles. The Bertz CT molecular complexity index is 249. The number of rotatable bonds is 4. The number of hydrogen-bond donors (Lipinski definition) is 2. The van der Waals surface area contributed by atoms with Gasteiger partial charge in [-0.2, -0.15) is 0 Å². The van der Waals surface area contributed by atoms with Crippen LogP contribution < -0.4 is 5.32 Å². The van der Waals surface area contributed by atoms with E-state index in [4.69, 9.17) is 0 Å². The van der Waals surface area contributed by atoms with E-state index >= 15 is 0 Å². The van der Waals surface area contributed by atoms with Crippen molar-refractivity contribution in [3.63, 3.8) is 0 Å². The van der Waals surface area contributed by atoms with Crippen LogP contribution in [0.25, 0.3) is 0 Å². The van der Waals surface area contributed by atoms with Crippen LogP contribution in [0.15, 0.2) is 0 Å². The molecule has 0 aromatic heterocycles. The molecule has 0 aromatic rings. The normalized spacial score (nSPS) is 34.9. The average molecular weight is 240 g/mol. The van der Waals surface area contributed by atoms with Gasteiger partial charge in [0.25, 0.3) is 0 Å². The van der Waals surface area contributed by atoms with Crippen molar-refractivity contribution < 1.29 is 5.11 Å². The van der Waals surface area contributed by atoms with E-state index in [-0.39, 0.29) is 5.41 Å². The summed E-state index contributed by atoms with van der Waals surface area (Å²) < 4.78 is 0. The van der Waals surface area contributed by atoms with E-state index in [1.54, 1.807) is 0 Å². The zero-order valence-corrected chi connectivity index (χ0v) is 11.6. The van der Waals surface area contributed by atoms with Gasteiger partial charge in [-0.05, 0) is 43.7 Å². The Balaban J connectivity index is 1.93. The average Bonchev–Trinajstić information content (AvgIpc) is 2.63. The maximum Gasteiger partial charge on any atom is 0.0446 e. The van der Waals surface area contributed by atoms with Crippen molar-refractivity contribution in [2.75, 3.05) is 26.2 Å². The molecular weight excluding hydrogens is 212 g/mol. The van der Waals surface area contributed by atoms with Crippen LogP contribution in [0.2, 0.25) is 0 Å². The van der Waals surface area contributed by atoms with Crippen molar-refractivity contribution in [3.05, 3.63) is 0 Å². The summed E-state index contributed by atoms with van der Waals surface area (Å²) in [4.78, 5) is 2.58. The fourth-order valence-corrected chi connectivity index (χ4v) is 3.32. The maximum atomic E-state index is 9.21. The van der Waals surface area contributed by atoms with E-state index in [0.717, 1.165) is 12.3 Å². The molecule has 3 heteroatoms. The number of nitrogens with zero attached hydrogens (tertiary/aromatic N) is 1. The Morgan fingerprint density at radius 2 is 2.00 bits per heavy atom. The summed E-state index contributed by atoms with van der Waals surface area (Å²) in [5, 5.41) is 13.1. The molecule has 2 saturated heterocycles. The van der Waals surface area contributed by atoms with Gasteiger partial charge in [0, 0.05) is 25.2 Å². The number of aliphatic hydroxyl groups is 1. The topological polar surface area (TPSA) is 35.5 Å². The third-order valence-electron chi connectivity index (χ3n) is 4.51. The minimum atomic E-state index is 0.235. The smallest absolute Gasteiger partial charge is 0.0446 e. The van der Waals surface area contributed by atoms with Crippen molar-refractivity contribution >= 4 is 0 Å². The number of aliphatic hydroxyl groups excluding tert-OH is 1. The Labute approximate surface area is 106 Å². The fraction of sp³-hybridized carbons (Fsp3) is 1.00. The van der Waals surface area contributed by atoms with E-state index in [1.807, 2.05) is 0 Å². The van der Waals surface area contributed by atoms with E-state index in [9.17, 15) is 5.11 Å². The van der Waals surface area contributed by atoms with Crippen LogP contribution in [0.4, 0.5) is 0 Å². The molecule has 0 saturated carbocycles. The van der Waals surface area contributed by atoms with Gasteiger partial charge in [0.2, 0.25) is 0 Å². The molecule has 2 aliphatic rings.